The van der Waals surface area contributed by atoms with Crippen molar-refractivity contribution in [1.82, 2.24) is 10.3 Å². The first-order chi connectivity index (χ1) is 9.88. The van der Waals surface area contributed by atoms with E-state index >= 15 is 0 Å². The number of nitrogens with zero attached hydrogens (tertiary/aromatic N) is 2. The maximum atomic E-state index is 4.81. The molecule has 1 saturated carbocycles. The first-order valence-electron chi connectivity index (χ1n) is 7.39. The molecule has 20 heavy (non-hydrogen) atoms. The van der Waals surface area contributed by atoms with Crippen molar-refractivity contribution >= 4 is 17.0 Å². The van der Waals surface area contributed by atoms with Gasteiger partial charge in [-0.2, -0.15) is 0 Å². The zero-order valence-electron chi connectivity index (χ0n) is 11.5. The number of nitrogens with one attached hydrogen (secondary N) is 1. The molecule has 104 valence electrons. The van der Waals surface area contributed by atoms with Gasteiger partial charge in [-0.25, -0.2) is 4.98 Å². The molecule has 0 bridgehead atoms. The van der Waals surface area contributed by atoms with E-state index in [0.717, 1.165) is 32.1 Å². The summed E-state index contributed by atoms with van der Waals surface area (Å²) in [4.78, 5) is 8.72. The van der Waals surface area contributed by atoms with E-state index in [1.807, 2.05) is 11.3 Å². The highest BCUT2D eigenvalue weighted by Crippen LogP contribution is 2.29. The Morgan fingerprint density at radius 2 is 2.10 bits per heavy atom. The number of hydrogen-bond donors (Lipinski definition) is 1. The molecule has 1 N–H and O–H groups in total. The third-order valence-corrected chi connectivity index (χ3v) is 5.10. The molecule has 0 amide bonds. The van der Waals surface area contributed by atoms with Crippen LogP contribution < -0.4 is 10.2 Å². The van der Waals surface area contributed by atoms with Gasteiger partial charge in [-0.15, -0.1) is 11.3 Å². The van der Waals surface area contributed by atoms with Crippen LogP contribution in [0.5, 0.6) is 0 Å². The summed E-state index contributed by atoms with van der Waals surface area (Å²) in [6.45, 7) is 3.05. The first-order valence-corrected chi connectivity index (χ1v) is 8.21. The molecule has 1 aromatic heterocycles. The van der Waals surface area contributed by atoms with Gasteiger partial charge >= 0.3 is 0 Å². The molecule has 0 atom stereocenters. The summed E-state index contributed by atoms with van der Waals surface area (Å²) >= 11 is 1.89. The van der Waals surface area contributed by atoms with Crippen molar-refractivity contribution in [2.75, 3.05) is 11.4 Å². The lowest BCUT2D eigenvalue weighted by atomic mass is 10.1. The third-order valence-electron chi connectivity index (χ3n) is 4.02. The van der Waals surface area contributed by atoms with Crippen molar-refractivity contribution in [3.05, 3.63) is 45.9 Å². The number of fused-ring (bicyclic) bond motifs is 1. The molecule has 1 aliphatic heterocycles. The lowest BCUT2D eigenvalue weighted by molar-refractivity contribution is 0.677. The van der Waals surface area contributed by atoms with Crippen LogP contribution in [0, 0.1) is 0 Å². The minimum atomic E-state index is 0.761. The van der Waals surface area contributed by atoms with Crippen LogP contribution in [-0.4, -0.2) is 17.6 Å². The average molecular weight is 285 g/mol. The lowest BCUT2D eigenvalue weighted by Crippen LogP contribution is -2.29. The Hall–Kier alpha value is -1.39. The number of benzene rings is 1. The van der Waals surface area contributed by atoms with E-state index in [1.165, 1.54) is 34.1 Å². The third kappa shape index (κ3) is 2.58. The molecule has 2 aliphatic rings. The van der Waals surface area contributed by atoms with Crippen LogP contribution in [0.1, 0.15) is 28.4 Å². The molecule has 4 rings (SSSR count). The fraction of sp³-hybridized carbons (Fsp3) is 0.438. The Kier molecular flexibility index (Phi) is 3.20. The molecule has 1 aromatic carbocycles. The van der Waals surface area contributed by atoms with Crippen molar-refractivity contribution in [2.24, 2.45) is 0 Å². The van der Waals surface area contributed by atoms with Gasteiger partial charge in [0.25, 0.3) is 0 Å². The number of anilines is 1. The maximum Gasteiger partial charge on any atom is 0.107 e. The van der Waals surface area contributed by atoms with E-state index in [-0.39, 0.29) is 0 Å². The second kappa shape index (κ2) is 5.19. The SMILES string of the molecule is c1ccc(N2CCc3nc(CNC4CC4)sc3C2)cc1. The van der Waals surface area contributed by atoms with E-state index in [4.69, 9.17) is 4.98 Å². The van der Waals surface area contributed by atoms with Gasteiger partial charge in [-0.3, -0.25) is 0 Å². The van der Waals surface area contributed by atoms with Crippen LogP contribution in [0.2, 0.25) is 0 Å². The fourth-order valence-corrected chi connectivity index (χ4v) is 3.78. The van der Waals surface area contributed by atoms with Crippen molar-refractivity contribution < 1.29 is 0 Å². The summed E-state index contributed by atoms with van der Waals surface area (Å²) in [5.41, 5.74) is 2.65. The minimum absolute atomic E-state index is 0.761. The van der Waals surface area contributed by atoms with Gasteiger partial charge in [0, 0.05) is 36.1 Å². The van der Waals surface area contributed by atoms with E-state index in [2.05, 4.69) is 40.5 Å². The number of thiazole rings is 1. The number of rotatable bonds is 4. The largest absolute Gasteiger partial charge is 0.366 e. The minimum Gasteiger partial charge on any atom is -0.366 e. The highest BCUT2D eigenvalue weighted by atomic mass is 32.1. The van der Waals surface area contributed by atoms with E-state index in [9.17, 15) is 0 Å². The Morgan fingerprint density at radius 1 is 1.25 bits per heavy atom. The van der Waals surface area contributed by atoms with Crippen LogP contribution >= 0.6 is 11.3 Å². The van der Waals surface area contributed by atoms with Gasteiger partial charge in [-0.1, -0.05) is 18.2 Å². The Labute approximate surface area is 123 Å². The number of aromatic nitrogens is 1. The number of hydrogen-bond acceptors (Lipinski definition) is 4. The zero-order chi connectivity index (χ0) is 13.4. The van der Waals surface area contributed by atoms with Crippen LogP contribution in [0.3, 0.4) is 0 Å². The molecule has 2 aromatic rings. The molecule has 0 unspecified atom stereocenters. The molecule has 2 heterocycles. The first kappa shape index (κ1) is 12.4. The van der Waals surface area contributed by atoms with Crippen LogP contribution in [-0.2, 0) is 19.5 Å². The monoisotopic (exact) mass is 285 g/mol. The predicted octanol–water partition coefficient (Wildman–Crippen LogP) is 2.96. The molecule has 0 saturated heterocycles. The normalized spacial score (nSPS) is 18.1. The second-order valence-electron chi connectivity index (χ2n) is 5.64. The second-order valence-corrected chi connectivity index (χ2v) is 6.81. The van der Waals surface area contributed by atoms with Crippen molar-refractivity contribution in [3.8, 4) is 0 Å². The topological polar surface area (TPSA) is 28.2 Å². The molecule has 1 aliphatic carbocycles. The fourth-order valence-electron chi connectivity index (χ4n) is 2.70. The van der Waals surface area contributed by atoms with Crippen molar-refractivity contribution in [3.63, 3.8) is 0 Å². The summed E-state index contributed by atoms with van der Waals surface area (Å²) in [7, 11) is 0. The highest BCUT2D eigenvalue weighted by Gasteiger charge is 2.23. The summed E-state index contributed by atoms with van der Waals surface area (Å²) in [5.74, 6) is 0. The number of para-hydroxylation sites is 1. The zero-order valence-corrected chi connectivity index (χ0v) is 12.3. The average Bonchev–Trinajstić information content (AvgIpc) is 3.24. The van der Waals surface area contributed by atoms with Crippen LogP contribution in [0.4, 0.5) is 5.69 Å². The summed E-state index contributed by atoms with van der Waals surface area (Å²) in [6.07, 6.45) is 3.75. The molecule has 1 fully saturated rings. The van der Waals surface area contributed by atoms with Crippen molar-refractivity contribution in [2.45, 2.75) is 38.4 Å². The van der Waals surface area contributed by atoms with Gasteiger partial charge in [0.2, 0.25) is 0 Å². The summed E-state index contributed by atoms with van der Waals surface area (Å²) in [5, 5.41) is 4.82. The maximum absolute atomic E-state index is 4.81. The van der Waals surface area contributed by atoms with E-state index in [1.54, 1.807) is 0 Å². The molecular formula is C16H19N3S. The van der Waals surface area contributed by atoms with Gasteiger partial charge in [0.05, 0.1) is 12.2 Å². The van der Waals surface area contributed by atoms with Crippen LogP contribution in [0.25, 0.3) is 0 Å². The molecule has 4 heteroatoms. The predicted molar refractivity (Wildman–Crippen MR) is 83.2 cm³/mol. The van der Waals surface area contributed by atoms with E-state index in [0.29, 0.717) is 0 Å². The van der Waals surface area contributed by atoms with Gasteiger partial charge < -0.3 is 10.2 Å². The molecule has 0 spiro atoms. The quantitative estimate of drug-likeness (QED) is 0.936. The molecule has 0 radical (unpaired) electrons. The Bertz CT molecular complexity index is 589. The van der Waals surface area contributed by atoms with Crippen LogP contribution in [0.15, 0.2) is 30.3 Å². The Balaban J connectivity index is 1.47. The molecular weight excluding hydrogens is 266 g/mol. The van der Waals surface area contributed by atoms with Gasteiger partial charge in [-0.05, 0) is 25.0 Å². The Morgan fingerprint density at radius 3 is 2.90 bits per heavy atom. The highest BCUT2D eigenvalue weighted by molar-refractivity contribution is 7.11. The van der Waals surface area contributed by atoms with Crippen molar-refractivity contribution in [1.29, 1.82) is 0 Å². The summed E-state index contributed by atoms with van der Waals surface area (Å²) < 4.78 is 0. The van der Waals surface area contributed by atoms with Gasteiger partial charge in [0.1, 0.15) is 5.01 Å². The van der Waals surface area contributed by atoms with Gasteiger partial charge in [0.15, 0.2) is 0 Å². The smallest absolute Gasteiger partial charge is 0.107 e. The molecule has 3 nitrogen and oxygen atoms in total. The standard InChI is InChI=1S/C16H19N3S/c1-2-4-13(5-3-1)19-9-8-14-15(11-19)20-16(18-14)10-17-12-6-7-12/h1-5,12,17H,6-11H2. The lowest BCUT2D eigenvalue weighted by Gasteiger charge is -2.28. The van der Waals surface area contributed by atoms with E-state index < -0.39 is 0 Å². The summed E-state index contributed by atoms with van der Waals surface area (Å²) in [6, 6.07) is 11.5.